The van der Waals surface area contributed by atoms with E-state index in [0.717, 1.165) is 30.2 Å². The van der Waals surface area contributed by atoms with Crippen LogP contribution in [0.25, 0.3) is 0 Å². The Hall–Kier alpha value is -0.940. The monoisotopic (exact) mass is 326 g/mol. The van der Waals surface area contributed by atoms with Crippen LogP contribution in [-0.2, 0) is 0 Å². The summed E-state index contributed by atoms with van der Waals surface area (Å²) in [6, 6.07) is 1.77. The lowest BCUT2D eigenvalue weighted by Crippen LogP contribution is -2.38. The Balaban J connectivity index is 1.99. The first-order valence-corrected chi connectivity index (χ1v) is 7.41. The minimum Gasteiger partial charge on any atom is -0.393 e. The minimum atomic E-state index is -0.273. The number of aliphatic hydroxyl groups excluding tert-OH is 1. The molecule has 1 aliphatic carbocycles. The number of amides is 1. The molecule has 0 saturated heterocycles. The van der Waals surface area contributed by atoms with E-state index in [0.29, 0.717) is 12.1 Å². The maximum absolute atomic E-state index is 12.3. The smallest absolute Gasteiger partial charge is 0.255 e. The molecule has 1 fully saturated rings. The predicted molar refractivity (Wildman–Crippen MR) is 76.9 cm³/mol. The standard InChI is InChI=1S/C14H19BrN2O2/c1-17(9-10-4-2-3-5-13(10)18)14(19)11-6-12(15)8-16-7-11/h6-8,10,13,18H,2-5,9H2,1H3. The molecular formula is C14H19BrN2O2. The Morgan fingerprint density at radius 3 is 2.89 bits per heavy atom. The van der Waals surface area contributed by atoms with Gasteiger partial charge in [-0.25, -0.2) is 0 Å². The van der Waals surface area contributed by atoms with Gasteiger partial charge in [-0.15, -0.1) is 0 Å². The lowest BCUT2D eigenvalue weighted by atomic mass is 9.86. The summed E-state index contributed by atoms with van der Waals surface area (Å²) in [5.74, 6) is 0.148. The summed E-state index contributed by atoms with van der Waals surface area (Å²) < 4.78 is 0.796. The predicted octanol–water partition coefficient (Wildman–Crippen LogP) is 2.47. The maximum atomic E-state index is 12.3. The molecule has 1 aromatic heterocycles. The van der Waals surface area contributed by atoms with E-state index in [1.54, 1.807) is 30.4 Å². The highest BCUT2D eigenvalue weighted by Crippen LogP contribution is 2.25. The largest absolute Gasteiger partial charge is 0.393 e. The van der Waals surface area contributed by atoms with Crippen molar-refractivity contribution in [1.29, 1.82) is 0 Å². The fourth-order valence-electron chi connectivity index (χ4n) is 2.58. The number of hydrogen-bond donors (Lipinski definition) is 1. The van der Waals surface area contributed by atoms with Crippen molar-refractivity contribution < 1.29 is 9.90 Å². The molecule has 2 unspecified atom stereocenters. The van der Waals surface area contributed by atoms with Crippen molar-refractivity contribution >= 4 is 21.8 Å². The van der Waals surface area contributed by atoms with Gasteiger partial charge in [0.15, 0.2) is 0 Å². The van der Waals surface area contributed by atoms with Crippen LogP contribution in [0.1, 0.15) is 36.0 Å². The number of pyridine rings is 1. The molecule has 1 amide bonds. The topological polar surface area (TPSA) is 53.4 Å². The number of carbonyl (C=O) groups excluding carboxylic acids is 1. The van der Waals surface area contributed by atoms with Crippen LogP contribution >= 0.6 is 15.9 Å². The van der Waals surface area contributed by atoms with Crippen LogP contribution < -0.4 is 0 Å². The first-order chi connectivity index (χ1) is 9.08. The number of halogens is 1. The van der Waals surface area contributed by atoms with Gasteiger partial charge in [0.1, 0.15) is 0 Å². The highest BCUT2D eigenvalue weighted by molar-refractivity contribution is 9.10. The van der Waals surface area contributed by atoms with Crippen molar-refractivity contribution in [3.8, 4) is 0 Å². The third-order valence-electron chi connectivity index (χ3n) is 3.68. The summed E-state index contributed by atoms with van der Waals surface area (Å²) in [5, 5.41) is 9.96. The van der Waals surface area contributed by atoms with Gasteiger partial charge in [-0.05, 0) is 34.8 Å². The van der Waals surface area contributed by atoms with Crippen molar-refractivity contribution in [2.75, 3.05) is 13.6 Å². The molecule has 4 nitrogen and oxygen atoms in total. The summed E-state index contributed by atoms with van der Waals surface area (Å²) in [6.07, 6.45) is 7.03. The van der Waals surface area contributed by atoms with Crippen LogP contribution in [-0.4, -0.2) is 40.6 Å². The second kappa shape index (κ2) is 6.48. The molecule has 0 aliphatic heterocycles. The van der Waals surface area contributed by atoms with E-state index in [4.69, 9.17) is 0 Å². The van der Waals surface area contributed by atoms with Crippen LogP contribution in [0.2, 0.25) is 0 Å². The second-order valence-corrected chi connectivity index (χ2v) is 6.11. The minimum absolute atomic E-state index is 0.0495. The van der Waals surface area contributed by atoms with Gasteiger partial charge >= 0.3 is 0 Å². The van der Waals surface area contributed by atoms with E-state index in [1.165, 1.54) is 0 Å². The summed E-state index contributed by atoms with van der Waals surface area (Å²) >= 11 is 3.31. The average molecular weight is 327 g/mol. The fourth-order valence-corrected chi connectivity index (χ4v) is 2.95. The third kappa shape index (κ3) is 3.76. The molecule has 1 aromatic rings. The van der Waals surface area contributed by atoms with E-state index >= 15 is 0 Å². The van der Waals surface area contributed by atoms with Gasteiger partial charge in [0.05, 0.1) is 11.7 Å². The molecule has 0 spiro atoms. The molecule has 1 aliphatic rings. The van der Waals surface area contributed by atoms with Gasteiger partial charge in [0.2, 0.25) is 0 Å². The first kappa shape index (κ1) is 14.5. The Morgan fingerprint density at radius 2 is 2.21 bits per heavy atom. The van der Waals surface area contributed by atoms with Crippen LogP contribution in [0.3, 0.4) is 0 Å². The van der Waals surface area contributed by atoms with Crippen molar-refractivity contribution in [2.24, 2.45) is 5.92 Å². The van der Waals surface area contributed by atoms with Gasteiger partial charge in [-0.3, -0.25) is 9.78 Å². The van der Waals surface area contributed by atoms with E-state index in [9.17, 15) is 9.90 Å². The van der Waals surface area contributed by atoms with Crippen LogP contribution in [0, 0.1) is 5.92 Å². The molecule has 1 N–H and O–H groups in total. The Morgan fingerprint density at radius 1 is 1.47 bits per heavy atom. The number of nitrogens with zero attached hydrogens (tertiary/aromatic N) is 2. The summed E-state index contributed by atoms with van der Waals surface area (Å²) in [5.41, 5.74) is 0.571. The SMILES string of the molecule is CN(CC1CCCCC1O)C(=O)c1cncc(Br)c1. The zero-order chi connectivity index (χ0) is 13.8. The van der Waals surface area contributed by atoms with Crippen molar-refractivity contribution in [3.05, 3.63) is 28.5 Å². The zero-order valence-corrected chi connectivity index (χ0v) is 12.6. The third-order valence-corrected chi connectivity index (χ3v) is 4.11. The summed E-state index contributed by atoms with van der Waals surface area (Å²) in [4.78, 5) is 17.9. The van der Waals surface area contributed by atoms with E-state index < -0.39 is 0 Å². The molecule has 0 bridgehead atoms. The summed E-state index contributed by atoms with van der Waals surface area (Å²) in [7, 11) is 1.78. The number of carbonyl (C=O) groups is 1. The molecule has 0 aromatic carbocycles. The fraction of sp³-hybridized carbons (Fsp3) is 0.571. The van der Waals surface area contributed by atoms with Gasteiger partial charge < -0.3 is 10.0 Å². The first-order valence-electron chi connectivity index (χ1n) is 6.62. The molecule has 0 radical (unpaired) electrons. The molecule has 104 valence electrons. The zero-order valence-electron chi connectivity index (χ0n) is 11.1. The van der Waals surface area contributed by atoms with Gasteiger partial charge in [-0.2, -0.15) is 0 Å². The molecule has 19 heavy (non-hydrogen) atoms. The highest BCUT2D eigenvalue weighted by Gasteiger charge is 2.26. The Bertz CT molecular complexity index is 453. The Kier molecular flexibility index (Phi) is 4.93. The quantitative estimate of drug-likeness (QED) is 0.928. The number of hydrogen-bond acceptors (Lipinski definition) is 3. The van der Waals surface area contributed by atoms with Gasteiger partial charge in [0.25, 0.3) is 5.91 Å². The average Bonchev–Trinajstić information content (AvgIpc) is 2.40. The van der Waals surface area contributed by atoms with Crippen LogP contribution in [0.15, 0.2) is 22.9 Å². The van der Waals surface area contributed by atoms with E-state index in [2.05, 4.69) is 20.9 Å². The lowest BCUT2D eigenvalue weighted by Gasteiger charge is -2.31. The maximum Gasteiger partial charge on any atom is 0.255 e. The van der Waals surface area contributed by atoms with E-state index in [1.807, 2.05) is 0 Å². The number of aliphatic hydroxyl groups is 1. The second-order valence-electron chi connectivity index (χ2n) is 5.19. The summed E-state index contributed by atoms with van der Waals surface area (Å²) in [6.45, 7) is 0.604. The molecule has 2 rings (SSSR count). The lowest BCUT2D eigenvalue weighted by molar-refractivity contribution is 0.0451. The van der Waals surface area contributed by atoms with Crippen molar-refractivity contribution in [2.45, 2.75) is 31.8 Å². The Labute approximate surface area is 122 Å². The van der Waals surface area contributed by atoms with Gasteiger partial charge in [0, 0.05) is 36.4 Å². The number of rotatable bonds is 3. The normalized spacial score (nSPS) is 23.1. The molecule has 1 heterocycles. The number of aromatic nitrogens is 1. The van der Waals surface area contributed by atoms with Crippen LogP contribution in [0.4, 0.5) is 0 Å². The molecular weight excluding hydrogens is 308 g/mol. The molecule has 1 saturated carbocycles. The molecule has 2 atom stereocenters. The van der Waals surface area contributed by atoms with Gasteiger partial charge in [-0.1, -0.05) is 12.8 Å². The van der Waals surface area contributed by atoms with E-state index in [-0.39, 0.29) is 17.9 Å². The molecule has 5 heteroatoms. The highest BCUT2D eigenvalue weighted by atomic mass is 79.9. The van der Waals surface area contributed by atoms with Crippen molar-refractivity contribution in [3.63, 3.8) is 0 Å². The van der Waals surface area contributed by atoms with Crippen LogP contribution in [0.5, 0.6) is 0 Å². The van der Waals surface area contributed by atoms with Crippen molar-refractivity contribution in [1.82, 2.24) is 9.88 Å².